The number of benzene rings is 1. The number of piperidine rings is 1. The maximum Gasteiger partial charge on any atom is 0.309 e. The Bertz CT molecular complexity index is 1270. The van der Waals surface area contributed by atoms with Crippen LogP contribution in [0.25, 0.3) is 10.9 Å². The third kappa shape index (κ3) is 4.61. The molecule has 5 rings (SSSR count). The van der Waals surface area contributed by atoms with E-state index in [4.69, 9.17) is 4.74 Å². The van der Waals surface area contributed by atoms with Crippen LogP contribution in [0.5, 0.6) is 0 Å². The number of tetrazole rings is 1. The summed E-state index contributed by atoms with van der Waals surface area (Å²) in [4.78, 5) is 31.2. The van der Waals surface area contributed by atoms with Crippen LogP contribution in [0.1, 0.15) is 80.0 Å². The van der Waals surface area contributed by atoms with Gasteiger partial charge in [-0.1, -0.05) is 12.8 Å². The lowest BCUT2D eigenvalue weighted by Gasteiger charge is -2.36. The molecule has 9 nitrogen and oxygen atoms in total. The van der Waals surface area contributed by atoms with Crippen LogP contribution in [0.3, 0.4) is 0 Å². The third-order valence-electron chi connectivity index (χ3n) is 7.73. The first kappa shape index (κ1) is 23.7. The number of carbonyl (C=O) groups is 1. The number of fused-ring (bicyclic) bond motifs is 1. The monoisotopic (exact) mass is 478 g/mol. The molecule has 1 atom stereocenters. The number of pyridine rings is 1. The first-order valence-corrected chi connectivity index (χ1v) is 12.8. The summed E-state index contributed by atoms with van der Waals surface area (Å²) in [6.07, 6.45) is 5.78. The van der Waals surface area contributed by atoms with E-state index in [-0.39, 0.29) is 29.5 Å². The van der Waals surface area contributed by atoms with Crippen LogP contribution in [-0.2, 0) is 9.53 Å². The highest BCUT2D eigenvalue weighted by Gasteiger charge is 2.36. The minimum absolute atomic E-state index is 0.113. The molecule has 186 valence electrons. The lowest BCUT2D eigenvalue weighted by Crippen LogP contribution is -2.42. The molecular formula is C26H34N6O3. The van der Waals surface area contributed by atoms with E-state index in [2.05, 4.69) is 38.4 Å². The summed E-state index contributed by atoms with van der Waals surface area (Å²) < 4.78 is 7.20. The molecule has 3 heterocycles. The highest BCUT2D eigenvalue weighted by molar-refractivity contribution is 5.81. The molecule has 3 aromatic rings. The van der Waals surface area contributed by atoms with Gasteiger partial charge in [-0.25, -0.2) is 4.68 Å². The van der Waals surface area contributed by atoms with Gasteiger partial charge < -0.3 is 9.72 Å². The number of likely N-dealkylation sites (tertiary alicyclic amines) is 1. The van der Waals surface area contributed by atoms with Crippen molar-refractivity contribution in [3.05, 3.63) is 51.1 Å². The number of aromatic nitrogens is 5. The van der Waals surface area contributed by atoms with E-state index in [9.17, 15) is 9.59 Å². The molecule has 2 aromatic heterocycles. The second kappa shape index (κ2) is 9.89. The van der Waals surface area contributed by atoms with Crippen molar-refractivity contribution >= 4 is 16.9 Å². The Morgan fingerprint density at radius 3 is 2.54 bits per heavy atom. The quantitative estimate of drug-likeness (QED) is 0.540. The van der Waals surface area contributed by atoms with Crippen molar-refractivity contribution in [2.45, 2.75) is 71.4 Å². The van der Waals surface area contributed by atoms with E-state index in [1.807, 2.05) is 30.7 Å². The zero-order valence-corrected chi connectivity index (χ0v) is 20.8. The second-order valence-electron chi connectivity index (χ2n) is 9.96. The predicted molar refractivity (Wildman–Crippen MR) is 132 cm³/mol. The second-order valence-corrected chi connectivity index (χ2v) is 9.96. The fourth-order valence-corrected chi connectivity index (χ4v) is 5.64. The molecule has 0 bridgehead atoms. The lowest BCUT2D eigenvalue weighted by molar-refractivity contribution is -0.149. The fraction of sp³-hybridized carbons (Fsp3) is 0.577. The summed E-state index contributed by atoms with van der Waals surface area (Å²) in [5.74, 6) is 0.465. The molecular weight excluding hydrogens is 444 g/mol. The first-order valence-electron chi connectivity index (χ1n) is 12.8. The predicted octanol–water partition coefficient (Wildman–Crippen LogP) is 3.61. The highest BCUT2D eigenvalue weighted by atomic mass is 16.5. The Morgan fingerprint density at radius 1 is 1.11 bits per heavy atom. The number of nitrogens with one attached hydrogen (secondary N) is 1. The van der Waals surface area contributed by atoms with Crippen LogP contribution in [0.4, 0.5) is 0 Å². The normalized spacial score (nSPS) is 18.8. The number of aryl methyl sites for hydroxylation is 2. The third-order valence-corrected chi connectivity index (χ3v) is 7.73. The van der Waals surface area contributed by atoms with Gasteiger partial charge in [0.15, 0.2) is 5.82 Å². The van der Waals surface area contributed by atoms with Crippen LogP contribution in [0, 0.1) is 19.8 Å². The van der Waals surface area contributed by atoms with Crippen molar-refractivity contribution in [2.75, 3.05) is 19.7 Å². The van der Waals surface area contributed by atoms with Gasteiger partial charge in [-0.3, -0.25) is 14.5 Å². The number of esters is 1. The van der Waals surface area contributed by atoms with Gasteiger partial charge in [0.2, 0.25) is 0 Å². The zero-order valence-electron chi connectivity index (χ0n) is 20.8. The van der Waals surface area contributed by atoms with Gasteiger partial charge >= 0.3 is 5.97 Å². The van der Waals surface area contributed by atoms with Gasteiger partial charge in [-0.05, 0) is 91.6 Å². The molecule has 1 aromatic carbocycles. The van der Waals surface area contributed by atoms with Crippen molar-refractivity contribution in [2.24, 2.45) is 5.92 Å². The average molecular weight is 479 g/mol. The summed E-state index contributed by atoms with van der Waals surface area (Å²) in [6.45, 7) is 7.68. The SMILES string of the molecule is CCOC(=O)C1CCN(C(c2cc3cc(C)c(C)cc3[nH]c2=O)c2nnnn2C2CCCC2)CC1. The minimum atomic E-state index is -0.386. The summed E-state index contributed by atoms with van der Waals surface area (Å²) in [7, 11) is 0. The number of nitrogens with zero attached hydrogens (tertiary/aromatic N) is 5. The van der Waals surface area contributed by atoms with Crippen molar-refractivity contribution in [1.29, 1.82) is 0 Å². The zero-order chi connectivity index (χ0) is 24.5. The van der Waals surface area contributed by atoms with E-state index >= 15 is 0 Å². The van der Waals surface area contributed by atoms with Crippen LogP contribution >= 0.6 is 0 Å². The molecule has 1 saturated carbocycles. The number of hydrogen-bond acceptors (Lipinski definition) is 7. The molecule has 0 amide bonds. The summed E-state index contributed by atoms with van der Waals surface area (Å²) in [5, 5.41) is 13.9. The van der Waals surface area contributed by atoms with Crippen molar-refractivity contribution < 1.29 is 9.53 Å². The van der Waals surface area contributed by atoms with Crippen molar-refractivity contribution in [1.82, 2.24) is 30.1 Å². The standard InChI is InChI=1S/C26H34N6O3/c1-4-35-26(34)18-9-11-31(12-10-18)23(24-28-29-30-32(24)20-7-5-6-8-20)21-15-19-13-16(2)17(3)14-22(19)27-25(21)33/h13-15,18,20,23H,4-12H2,1-3H3,(H,27,33). The van der Waals surface area contributed by atoms with Crippen LogP contribution in [0.15, 0.2) is 23.0 Å². The average Bonchev–Trinajstić information content (AvgIpc) is 3.54. The summed E-state index contributed by atoms with van der Waals surface area (Å²) >= 11 is 0. The van der Waals surface area contributed by atoms with Gasteiger partial charge in [0.25, 0.3) is 5.56 Å². The molecule has 0 radical (unpaired) electrons. The maximum absolute atomic E-state index is 13.5. The highest BCUT2D eigenvalue weighted by Crippen LogP contribution is 2.35. The van der Waals surface area contributed by atoms with Crippen molar-refractivity contribution in [3.8, 4) is 0 Å². The molecule has 2 fully saturated rings. The summed E-state index contributed by atoms with van der Waals surface area (Å²) in [5.41, 5.74) is 3.67. The lowest BCUT2D eigenvalue weighted by atomic mass is 9.93. The Labute approximate surface area is 204 Å². The molecule has 1 unspecified atom stereocenters. The van der Waals surface area contributed by atoms with Crippen LogP contribution in [0.2, 0.25) is 0 Å². The molecule has 1 N–H and O–H groups in total. The van der Waals surface area contributed by atoms with E-state index < -0.39 is 0 Å². The molecule has 35 heavy (non-hydrogen) atoms. The van der Waals surface area contributed by atoms with Gasteiger partial charge in [0, 0.05) is 24.2 Å². The van der Waals surface area contributed by atoms with Gasteiger partial charge in [0.1, 0.15) is 6.04 Å². The number of aromatic amines is 1. The van der Waals surface area contributed by atoms with Gasteiger partial charge in [-0.15, -0.1) is 5.10 Å². The minimum Gasteiger partial charge on any atom is -0.466 e. The Balaban J connectivity index is 1.56. The van der Waals surface area contributed by atoms with Crippen molar-refractivity contribution in [3.63, 3.8) is 0 Å². The molecule has 1 aliphatic carbocycles. The van der Waals surface area contributed by atoms with E-state index in [1.54, 1.807) is 0 Å². The Morgan fingerprint density at radius 2 is 1.83 bits per heavy atom. The smallest absolute Gasteiger partial charge is 0.309 e. The number of ether oxygens (including phenoxy) is 1. The molecule has 9 heteroatoms. The maximum atomic E-state index is 13.5. The Hall–Kier alpha value is -3.07. The van der Waals surface area contributed by atoms with Crippen LogP contribution < -0.4 is 5.56 Å². The number of hydrogen-bond donors (Lipinski definition) is 1. The molecule has 1 aliphatic heterocycles. The van der Waals surface area contributed by atoms with Gasteiger partial charge in [0.05, 0.1) is 18.6 Å². The van der Waals surface area contributed by atoms with Gasteiger partial charge in [-0.2, -0.15) is 0 Å². The summed E-state index contributed by atoms with van der Waals surface area (Å²) in [6, 6.07) is 6.01. The van der Waals surface area contributed by atoms with E-state index in [1.165, 1.54) is 5.56 Å². The number of carbonyl (C=O) groups excluding carboxylic acids is 1. The largest absolute Gasteiger partial charge is 0.466 e. The Kier molecular flexibility index (Phi) is 6.69. The number of rotatable bonds is 6. The number of H-pyrrole nitrogens is 1. The first-order chi connectivity index (χ1) is 17.0. The topological polar surface area (TPSA) is 106 Å². The molecule has 1 saturated heterocycles. The fourth-order valence-electron chi connectivity index (χ4n) is 5.64. The van der Waals surface area contributed by atoms with E-state index in [0.29, 0.717) is 43.9 Å². The molecule has 2 aliphatic rings. The van der Waals surface area contributed by atoms with E-state index in [0.717, 1.165) is 42.1 Å². The molecule has 0 spiro atoms. The van der Waals surface area contributed by atoms with Crippen LogP contribution in [-0.4, -0.2) is 55.8 Å².